The Morgan fingerprint density at radius 2 is 1.95 bits per heavy atom. The second kappa shape index (κ2) is 6.05. The van der Waals surface area contributed by atoms with Crippen LogP contribution in [0.15, 0.2) is 24.3 Å². The first-order valence-electron chi connectivity index (χ1n) is 6.86. The van der Waals surface area contributed by atoms with Gasteiger partial charge in [0.25, 0.3) is 0 Å². The Morgan fingerprint density at radius 1 is 1.30 bits per heavy atom. The molecule has 1 amide bonds. The van der Waals surface area contributed by atoms with Gasteiger partial charge in [-0.05, 0) is 31.7 Å². The van der Waals surface area contributed by atoms with Crippen molar-refractivity contribution in [3.05, 3.63) is 35.4 Å². The number of carboxylic acid groups (broad SMARTS) is 1. The van der Waals surface area contributed by atoms with E-state index in [4.69, 9.17) is 5.73 Å². The fourth-order valence-electron chi connectivity index (χ4n) is 2.55. The summed E-state index contributed by atoms with van der Waals surface area (Å²) >= 11 is 0. The van der Waals surface area contributed by atoms with Crippen molar-refractivity contribution < 1.29 is 14.7 Å². The van der Waals surface area contributed by atoms with E-state index in [1.54, 1.807) is 0 Å². The molecule has 0 saturated carbocycles. The Kier molecular flexibility index (Phi) is 4.39. The first-order valence-corrected chi connectivity index (χ1v) is 6.86. The highest BCUT2D eigenvalue weighted by Crippen LogP contribution is 2.22. The molecule has 1 unspecified atom stereocenters. The number of amides is 1. The van der Waals surface area contributed by atoms with Gasteiger partial charge in [0.15, 0.2) is 0 Å². The molecule has 1 aliphatic rings. The zero-order valence-corrected chi connectivity index (χ0v) is 11.6. The smallest absolute Gasteiger partial charge is 0.326 e. The molecular weight excluding hydrogens is 256 g/mol. The summed E-state index contributed by atoms with van der Waals surface area (Å²) in [4.78, 5) is 25.1. The largest absolute Gasteiger partial charge is 0.480 e. The fourth-order valence-corrected chi connectivity index (χ4v) is 2.55. The third-order valence-electron chi connectivity index (χ3n) is 3.77. The van der Waals surface area contributed by atoms with Crippen LogP contribution in [0.1, 0.15) is 36.4 Å². The number of benzene rings is 1. The summed E-state index contributed by atoms with van der Waals surface area (Å²) in [5.41, 5.74) is 7.81. The third-order valence-corrected chi connectivity index (χ3v) is 3.77. The van der Waals surface area contributed by atoms with Crippen LogP contribution in [-0.2, 0) is 9.59 Å². The molecule has 1 aromatic carbocycles. The number of nitrogens with two attached hydrogens (primary N) is 1. The van der Waals surface area contributed by atoms with Crippen LogP contribution >= 0.6 is 0 Å². The van der Waals surface area contributed by atoms with Crippen molar-refractivity contribution in [3.8, 4) is 0 Å². The first-order chi connectivity index (χ1) is 9.50. The number of piperidine rings is 1. The number of carbonyl (C=O) groups is 2. The number of carboxylic acids is 1. The van der Waals surface area contributed by atoms with Crippen LogP contribution in [0.5, 0.6) is 0 Å². The van der Waals surface area contributed by atoms with Crippen molar-refractivity contribution in [2.24, 2.45) is 5.73 Å². The van der Waals surface area contributed by atoms with Gasteiger partial charge in [0.2, 0.25) is 5.91 Å². The maximum Gasteiger partial charge on any atom is 0.326 e. The molecule has 0 spiro atoms. The monoisotopic (exact) mass is 276 g/mol. The zero-order valence-electron chi connectivity index (χ0n) is 11.6. The number of hydrogen-bond acceptors (Lipinski definition) is 3. The van der Waals surface area contributed by atoms with E-state index >= 15 is 0 Å². The van der Waals surface area contributed by atoms with E-state index in [1.807, 2.05) is 31.2 Å². The van der Waals surface area contributed by atoms with Gasteiger partial charge in [0.1, 0.15) is 12.1 Å². The molecule has 1 aromatic rings. The lowest BCUT2D eigenvalue weighted by molar-refractivity contribution is -0.152. The van der Waals surface area contributed by atoms with Gasteiger partial charge in [0.05, 0.1) is 0 Å². The van der Waals surface area contributed by atoms with Crippen molar-refractivity contribution in [1.82, 2.24) is 4.90 Å². The summed E-state index contributed by atoms with van der Waals surface area (Å²) in [6.07, 6.45) is 2.17. The van der Waals surface area contributed by atoms with E-state index in [0.717, 1.165) is 24.0 Å². The van der Waals surface area contributed by atoms with Gasteiger partial charge in [-0.25, -0.2) is 4.79 Å². The number of likely N-dealkylation sites (tertiary alicyclic amines) is 1. The minimum atomic E-state index is -0.950. The normalized spacial score (nSPS) is 20.5. The second-order valence-electron chi connectivity index (χ2n) is 5.27. The number of carbonyl (C=O) groups excluding carboxylic acids is 1. The van der Waals surface area contributed by atoms with Gasteiger partial charge >= 0.3 is 5.97 Å². The molecular formula is C15H20N2O3. The zero-order chi connectivity index (χ0) is 14.7. The van der Waals surface area contributed by atoms with E-state index in [1.165, 1.54) is 4.90 Å². The molecule has 20 heavy (non-hydrogen) atoms. The number of hydrogen-bond donors (Lipinski definition) is 2. The second-order valence-corrected chi connectivity index (χ2v) is 5.27. The molecule has 2 rings (SSSR count). The molecule has 2 atom stereocenters. The lowest BCUT2D eigenvalue weighted by atomic mass is 9.99. The van der Waals surface area contributed by atoms with Crippen molar-refractivity contribution in [3.63, 3.8) is 0 Å². The predicted octanol–water partition coefficient (Wildman–Crippen LogP) is 1.46. The molecule has 5 nitrogen and oxygen atoms in total. The maximum atomic E-state index is 12.4. The van der Waals surface area contributed by atoms with Crippen LogP contribution in [0.3, 0.4) is 0 Å². The minimum absolute atomic E-state index is 0.305. The average molecular weight is 276 g/mol. The van der Waals surface area contributed by atoms with E-state index in [-0.39, 0.29) is 5.91 Å². The van der Waals surface area contributed by atoms with Crippen LogP contribution < -0.4 is 5.73 Å². The van der Waals surface area contributed by atoms with Crippen LogP contribution in [0.4, 0.5) is 0 Å². The Balaban J connectivity index is 2.16. The molecule has 3 N–H and O–H groups in total. The summed E-state index contributed by atoms with van der Waals surface area (Å²) in [5, 5.41) is 9.21. The molecule has 1 heterocycles. The van der Waals surface area contributed by atoms with Gasteiger partial charge in [-0.1, -0.05) is 29.8 Å². The SMILES string of the molecule is Cc1ccc(C(N)C(=O)N2CCCC[C@@H]2C(=O)O)cc1. The molecule has 0 bridgehead atoms. The molecule has 0 aromatic heterocycles. The van der Waals surface area contributed by atoms with Crippen LogP contribution in [-0.4, -0.2) is 34.5 Å². The molecule has 1 fully saturated rings. The standard InChI is InChI=1S/C15H20N2O3/c1-10-5-7-11(8-6-10)13(16)14(18)17-9-3-2-4-12(17)15(19)20/h5-8,12-13H,2-4,9,16H2,1H3,(H,19,20)/t12-,13?/m1/s1. The highest BCUT2D eigenvalue weighted by molar-refractivity contribution is 5.88. The number of rotatable bonds is 3. The summed E-state index contributed by atoms with van der Waals surface area (Å²) in [5.74, 6) is -1.25. The van der Waals surface area contributed by atoms with Crippen molar-refractivity contribution in [1.29, 1.82) is 0 Å². The van der Waals surface area contributed by atoms with Crippen molar-refractivity contribution in [2.75, 3.05) is 6.54 Å². The van der Waals surface area contributed by atoms with E-state index in [9.17, 15) is 14.7 Å². The Bertz CT molecular complexity index is 498. The fraction of sp³-hybridized carbons (Fsp3) is 0.467. The van der Waals surface area contributed by atoms with Crippen LogP contribution in [0.25, 0.3) is 0 Å². The molecule has 1 aliphatic heterocycles. The number of nitrogens with zero attached hydrogens (tertiary/aromatic N) is 1. The number of aliphatic carboxylic acids is 1. The van der Waals surface area contributed by atoms with E-state index in [0.29, 0.717) is 13.0 Å². The molecule has 1 saturated heterocycles. The Labute approximate surface area is 118 Å². The Hall–Kier alpha value is -1.88. The van der Waals surface area contributed by atoms with Crippen LogP contribution in [0, 0.1) is 6.92 Å². The number of aryl methyl sites for hydroxylation is 1. The summed E-state index contributed by atoms with van der Waals surface area (Å²) in [6.45, 7) is 2.43. The van der Waals surface area contributed by atoms with Gasteiger partial charge in [-0.3, -0.25) is 4.79 Å². The highest BCUT2D eigenvalue weighted by Gasteiger charge is 2.34. The molecule has 5 heteroatoms. The van der Waals surface area contributed by atoms with Crippen LogP contribution in [0.2, 0.25) is 0 Å². The quantitative estimate of drug-likeness (QED) is 0.875. The summed E-state index contributed by atoms with van der Waals surface area (Å²) < 4.78 is 0. The molecule has 108 valence electrons. The molecule has 0 radical (unpaired) electrons. The highest BCUT2D eigenvalue weighted by atomic mass is 16.4. The first kappa shape index (κ1) is 14.5. The minimum Gasteiger partial charge on any atom is -0.480 e. The predicted molar refractivity (Wildman–Crippen MR) is 75.1 cm³/mol. The van der Waals surface area contributed by atoms with Gasteiger partial charge in [-0.2, -0.15) is 0 Å². The third kappa shape index (κ3) is 2.99. The topological polar surface area (TPSA) is 83.6 Å². The lowest BCUT2D eigenvalue weighted by Crippen LogP contribution is -2.50. The van der Waals surface area contributed by atoms with E-state index < -0.39 is 18.1 Å². The maximum absolute atomic E-state index is 12.4. The van der Waals surface area contributed by atoms with Gasteiger partial charge in [-0.15, -0.1) is 0 Å². The summed E-state index contributed by atoms with van der Waals surface area (Å²) in [7, 11) is 0. The van der Waals surface area contributed by atoms with Gasteiger partial charge < -0.3 is 15.7 Å². The molecule has 0 aliphatic carbocycles. The summed E-state index contributed by atoms with van der Waals surface area (Å²) in [6, 6.07) is 5.89. The van der Waals surface area contributed by atoms with Gasteiger partial charge in [0, 0.05) is 6.54 Å². The van der Waals surface area contributed by atoms with Crippen molar-refractivity contribution >= 4 is 11.9 Å². The van der Waals surface area contributed by atoms with Crippen molar-refractivity contribution in [2.45, 2.75) is 38.3 Å². The average Bonchev–Trinajstić information content (AvgIpc) is 2.46. The van der Waals surface area contributed by atoms with E-state index in [2.05, 4.69) is 0 Å². The lowest BCUT2D eigenvalue weighted by Gasteiger charge is -2.34. The Morgan fingerprint density at radius 3 is 2.55 bits per heavy atom.